The molecule has 0 fully saturated rings. The minimum atomic E-state index is -0.840. The van der Waals surface area contributed by atoms with Crippen LogP contribution in [-0.2, 0) is 16.1 Å². The van der Waals surface area contributed by atoms with E-state index < -0.39 is 10.5 Å². The van der Waals surface area contributed by atoms with Gasteiger partial charge in [0.05, 0.1) is 11.5 Å². The molecule has 0 atom stereocenters. The van der Waals surface area contributed by atoms with Crippen molar-refractivity contribution in [2.24, 2.45) is 0 Å². The van der Waals surface area contributed by atoms with Crippen LogP contribution in [0.3, 0.4) is 0 Å². The molecule has 6 heteroatoms. The number of esters is 1. The van der Waals surface area contributed by atoms with Crippen molar-refractivity contribution in [3.63, 3.8) is 0 Å². The minimum Gasteiger partial charge on any atom is -0.465 e. The fourth-order valence-electron chi connectivity index (χ4n) is 1.76. The third-order valence-electron chi connectivity index (χ3n) is 3.12. The number of hydrogen-bond donors (Lipinski definition) is 1. The summed E-state index contributed by atoms with van der Waals surface area (Å²) in [5.74, 6) is -0.344. The lowest BCUT2D eigenvalue weighted by atomic mass is 10.0. The molecule has 0 aliphatic heterocycles. The molecule has 0 aliphatic rings. The summed E-state index contributed by atoms with van der Waals surface area (Å²) in [4.78, 5) is 22.2. The van der Waals surface area contributed by atoms with Gasteiger partial charge in [-0.25, -0.2) is 0 Å². The maximum Gasteiger partial charge on any atom is 0.325 e. The Labute approximate surface area is 118 Å². The summed E-state index contributed by atoms with van der Waals surface area (Å²) in [6, 6.07) is 4.91. The van der Waals surface area contributed by atoms with Crippen LogP contribution in [0.25, 0.3) is 0 Å². The summed E-state index contributed by atoms with van der Waals surface area (Å²) < 4.78 is 4.98. The van der Waals surface area contributed by atoms with Crippen molar-refractivity contribution in [2.45, 2.75) is 39.8 Å². The topological polar surface area (TPSA) is 81.5 Å². The Bertz CT molecular complexity index is 512. The molecular formula is C14H20N2O4. The predicted molar refractivity (Wildman–Crippen MR) is 75.4 cm³/mol. The number of ether oxygens (including phenoxy) is 1. The van der Waals surface area contributed by atoms with E-state index in [2.05, 4.69) is 5.32 Å². The standard InChI is InChI=1S/C14H20N2O4/c1-5-20-13(17)14(3,4)15-9-11-7-6-8-12(10(11)2)16(18)19/h6-8,15H,5,9H2,1-4H3. The molecule has 20 heavy (non-hydrogen) atoms. The molecule has 0 unspecified atom stereocenters. The molecule has 1 rings (SSSR count). The van der Waals surface area contributed by atoms with Crippen molar-refractivity contribution in [1.29, 1.82) is 0 Å². The highest BCUT2D eigenvalue weighted by atomic mass is 16.6. The van der Waals surface area contributed by atoms with Crippen molar-refractivity contribution in [1.82, 2.24) is 5.32 Å². The zero-order valence-corrected chi connectivity index (χ0v) is 12.2. The molecule has 0 aromatic heterocycles. The van der Waals surface area contributed by atoms with Crippen LogP contribution in [-0.4, -0.2) is 23.0 Å². The predicted octanol–water partition coefficient (Wildman–Crippen LogP) is 2.33. The zero-order valence-electron chi connectivity index (χ0n) is 12.2. The van der Waals surface area contributed by atoms with Gasteiger partial charge in [0.25, 0.3) is 5.69 Å². The number of nitrogens with zero attached hydrogens (tertiary/aromatic N) is 1. The van der Waals surface area contributed by atoms with Crippen LogP contribution >= 0.6 is 0 Å². The Morgan fingerprint density at radius 3 is 2.65 bits per heavy atom. The van der Waals surface area contributed by atoms with Crippen molar-refractivity contribution < 1.29 is 14.5 Å². The van der Waals surface area contributed by atoms with Crippen molar-refractivity contribution in [3.8, 4) is 0 Å². The fourth-order valence-corrected chi connectivity index (χ4v) is 1.76. The van der Waals surface area contributed by atoms with Crippen LogP contribution in [0.5, 0.6) is 0 Å². The number of carbonyl (C=O) groups excluding carboxylic acids is 1. The summed E-state index contributed by atoms with van der Waals surface area (Å²) in [5, 5.41) is 13.9. The summed E-state index contributed by atoms with van der Waals surface area (Å²) >= 11 is 0. The molecule has 0 aliphatic carbocycles. The quantitative estimate of drug-likeness (QED) is 0.491. The van der Waals surface area contributed by atoms with Gasteiger partial charge >= 0.3 is 5.97 Å². The van der Waals surface area contributed by atoms with E-state index in [1.54, 1.807) is 39.8 Å². The van der Waals surface area contributed by atoms with Gasteiger partial charge in [-0.15, -0.1) is 0 Å². The van der Waals surface area contributed by atoms with Crippen LogP contribution in [0.4, 0.5) is 5.69 Å². The Morgan fingerprint density at radius 1 is 1.45 bits per heavy atom. The molecule has 6 nitrogen and oxygen atoms in total. The van der Waals surface area contributed by atoms with Crippen LogP contribution in [0.2, 0.25) is 0 Å². The SMILES string of the molecule is CCOC(=O)C(C)(C)NCc1cccc([N+](=O)[O-])c1C. The molecule has 1 aromatic rings. The second-order valence-corrected chi connectivity index (χ2v) is 5.02. The molecule has 0 saturated carbocycles. The highest BCUT2D eigenvalue weighted by molar-refractivity contribution is 5.79. The molecule has 0 radical (unpaired) electrons. The second kappa shape index (κ2) is 6.47. The number of nitro benzene ring substituents is 1. The maximum absolute atomic E-state index is 11.8. The first-order chi connectivity index (χ1) is 9.29. The third-order valence-corrected chi connectivity index (χ3v) is 3.12. The molecule has 0 bridgehead atoms. The molecule has 110 valence electrons. The average molecular weight is 280 g/mol. The average Bonchev–Trinajstić information content (AvgIpc) is 2.37. The smallest absolute Gasteiger partial charge is 0.325 e. The Morgan fingerprint density at radius 2 is 2.10 bits per heavy atom. The Balaban J connectivity index is 2.83. The first kappa shape index (κ1) is 16.1. The second-order valence-electron chi connectivity index (χ2n) is 5.02. The van der Waals surface area contributed by atoms with Gasteiger partial charge in [-0.2, -0.15) is 0 Å². The molecule has 1 N–H and O–H groups in total. The van der Waals surface area contributed by atoms with Crippen molar-refractivity contribution in [2.75, 3.05) is 6.61 Å². The maximum atomic E-state index is 11.8. The molecule has 0 spiro atoms. The minimum absolute atomic E-state index is 0.0817. The van der Waals surface area contributed by atoms with E-state index in [0.29, 0.717) is 18.7 Å². The first-order valence-corrected chi connectivity index (χ1v) is 6.44. The normalized spacial score (nSPS) is 11.2. The largest absolute Gasteiger partial charge is 0.465 e. The number of rotatable bonds is 6. The van der Waals surface area contributed by atoms with Crippen LogP contribution in [0.1, 0.15) is 31.9 Å². The summed E-state index contributed by atoms with van der Waals surface area (Å²) in [6.07, 6.45) is 0. The van der Waals surface area contributed by atoms with Crippen LogP contribution in [0.15, 0.2) is 18.2 Å². The van der Waals surface area contributed by atoms with Gasteiger partial charge in [-0.05, 0) is 33.3 Å². The van der Waals surface area contributed by atoms with E-state index in [9.17, 15) is 14.9 Å². The van der Waals surface area contributed by atoms with Gasteiger partial charge < -0.3 is 4.74 Å². The van der Waals surface area contributed by atoms with E-state index in [1.807, 2.05) is 0 Å². The van der Waals surface area contributed by atoms with Gasteiger partial charge in [0.1, 0.15) is 5.54 Å². The van der Waals surface area contributed by atoms with Crippen LogP contribution < -0.4 is 5.32 Å². The Kier molecular flexibility index (Phi) is 5.21. The van der Waals surface area contributed by atoms with Gasteiger partial charge in [0.15, 0.2) is 0 Å². The van der Waals surface area contributed by atoms with Crippen LogP contribution in [0, 0.1) is 17.0 Å². The highest BCUT2D eigenvalue weighted by Gasteiger charge is 2.28. The van der Waals surface area contributed by atoms with E-state index >= 15 is 0 Å². The molecule has 0 saturated heterocycles. The third kappa shape index (κ3) is 3.77. The van der Waals surface area contributed by atoms with Gasteiger partial charge in [-0.1, -0.05) is 12.1 Å². The zero-order chi connectivity index (χ0) is 15.3. The molecule has 0 amide bonds. The van der Waals surface area contributed by atoms with Crippen molar-refractivity contribution in [3.05, 3.63) is 39.4 Å². The van der Waals surface area contributed by atoms with E-state index in [1.165, 1.54) is 6.07 Å². The monoisotopic (exact) mass is 280 g/mol. The number of hydrogen-bond acceptors (Lipinski definition) is 5. The summed E-state index contributed by atoms with van der Waals surface area (Å²) in [6.45, 7) is 7.57. The lowest BCUT2D eigenvalue weighted by molar-refractivity contribution is -0.385. The first-order valence-electron chi connectivity index (χ1n) is 6.44. The Hall–Kier alpha value is -1.95. The van der Waals surface area contributed by atoms with E-state index in [0.717, 1.165) is 5.56 Å². The molecule has 0 heterocycles. The van der Waals surface area contributed by atoms with Gasteiger partial charge in [-0.3, -0.25) is 20.2 Å². The number of nitrogens with one attached hydrogen (secondary N) is 1. The number of benzene rings is 1. The highest BCUT2D eigenvalue weighted by Crippen LogP contribution is 2.21. The van der Waals surface area contributed by atoms with Gasteiger partial charge in [0, 0.05) is 18.2 Å². The number of carbonyl (C=O) groups is 1. The number of nitro groups is 1. The van der Waals surface area contributed by atoms with E-state index in [-0.39, 0.29) is 11.7 Å². The molecule has 1 aromatic carbocycles. The fraction of sp³-hybridized carbons (Fsp3) is 0.500. The van der Waals surface area contributed by atoms with E-state index in [4.69, 9.17) is 4.74 Å². The lowest BCUT2D eigenvalue weighted by Gasteiger charge is -2.24. The van der Waals surface area contributed by atoms with Gasteiger partial charge in [0.2, 0.25) is 0 Å². The summed E-state index contributed by atoms with van der Waals surface area (Å²) in [7, 11) is 0. The lowest BCUT2D eigenvalue weighted by Crippen LogP contribution is -2.47. The summed E-state index contributed by atoms with van der Waals surface area (Å²) in [5.41, 5.74) is 0.632. The molecular weight excluding hydrogens is 260 g/mol. The van der Waals surface area contributed by atoms with Crippen molar-refractivity contribution >= 4 is 11.7 Å².